The molecule has 4 aromatic rings. The average Bonchev–Trinajstić information content (AvgIpc) is 3.41. The first-order valence-electron chi connectivity index (χ1n) is 14.4. The van der Waals surface area contributed by atoms with Crippen LogP contribution in [0.15, 0.2) is 42.5 Å². The van der Waals surface area contributed by atoms with E-state index < -0.39 is 29.3 Å². The van der Waals surface area contributed by atoms with Gasteiger partial charge in [0, 0.05) is 43.2 Å². The van der Waals surface area contributed by atoms with Gasteiger partial charge < -0.3 is 9.80 Å². The molecule has 14 heteroatoms. The number of alkyl halides is 6. The normalized spacial score (nSPS) is 14.8. The number of benzene rings is 2. The van der Waals surface area contributed by atoms with E-state index in [1.54, 1.807) is 6.07 Å². The number of halogens is 7. The largest absolute Gasteiger partial charge is 0.416 e. The lowest BCUT2D eigenvalue weighted by atomic mass is 9.89. The summed E-state index contributed by atoms with van der Waals surface area (Å²) in [5, 5.41) is 12.7. The number of aromatic nitrogens is 5. The lowest BCUT2D eigenvalue weighted by Crippen LogP contribution is -2.33. The summed E-state index contributed by atoms with van der Waals surface area (Å²) in [7, 11) is 1.50. The molecule has 1 fully saturated rings. The van der Waals surface area contributed by atoms with E-state index in [1.165, 1.54) is 30.5 Å². The molecule has 1 saturated carbocycles. The van der Waals surface area contributed by atoms with Crippen molar-refractivity contribution in [2.45, 2.75) is 64.5 Å². The van der Waals surface area contributed by atoms with Gasteiger partial charge in [-0.3, -0.25) is 0 Å². The van der Waals surface area contributed by atoms with Gasteiger partial charge in [0.15, 0.2) is 0 Å². The molecule has 1 aliphatic rings. The van der Waals surface area contributed by atoms with E-state index in [0.717, 1.165) is 30.5 Å². The molecule has 236 valence electrons. The van der Waals surface area contributed by atoms with Crippen LogP contribution in [0.3, 0.4) is 0 Å². The maximum atomic E-state index is 14.2. The highest BCUT2D eigenvalue weighted by Crippen LogP contribution is 2.37. The average molecular weight is 624 g/mol. The van der Waals surface area contributed by atoms with Crippen LogP contribution in [-0.4, -0.2) is 38.3 Å². The molecule has 0 aliphatic heterocycles. The first-order chi connectivity index (χ1) is 20.8. The smallest absolute Gasteiger partial charge is 0.356 e. The summed E-state index contributed by atoms with van der Waals surface area (Å²) in [6.45, 7) is 2.88. The molecule has 2 heterocycles. The number of aryl methyl sites for hydroxylation is 1. The first kappa shape index (κ1) is 31.5. The summed E-state index contributed by atoms with van der Waals surface area (Å²) < 4.78 is 96.0. The van der Waals surface area contributed by atoms with Gasteiger partial charge in [0.05, 0.1) is 23.7 Å². The second-order valence-corrected chi connectivity index (χ2v) is 11.2. The number of hydrogen-bond acceptors (Lipinski definition) is 6. The summed E-state index contributed by atoms with van der Waals surface area (Å²) >= 11 is 0. The van der Waals surface area contributed by atoms with Crippen LogP contribution in [-0.2, 0) is 32.5 Å². The van der Waals surface area contributed by atoms with Gasteiger partial charge in [0.2, 0.25) is 0 Å². The van der Waals surface area contributed by atoms with Crippen LogP contribution in [0.1, 0.15) is 61.3 Å². The van der Waals surface area contributed by atoms with Crippen LogP contribution >= 0.6 is 0 Å². The van der Waals surface area contributed by atoms with Crippen molar-refractivity contribution in [3.05, 3.63) is 70.5 Å². The molecule has 0 unspecified atom stereocenters. The van der Waals surface area contributed by atoms with Crippen LogP contribution in [0.4, 0.5) is 42.5 Å². The SMILES string of the molecule is CCN(CC1CCCCC1)c1nc2cc(F)ccc2cc1CN(Cc1cc(C(F)(F)F)cc(C(F)(F)F)c1)c1nnn(C)n1. The van der Waals surface area contributed by atoms with Crippen LogP contribution in [0.2, 0.25) is 0 Å². The predicted octanol–water partition coefficient (Wildman–Crippen LogP) is 7.55. The zero-order valence-corrected chi connectivity index (χ0v) is 24.3. The number of anilines is 2. The van der Waals surface area contributed by atoms with Crippen molar-refractivity contribution in [2.24, 2.45) is 13.0 Å². The molecule has 0 spiro atoms. The topological polar surface area (TPSA) is 63.0 Å². The molecule has 0 N–H and O–H groups in total. The highest BCUT2D eigenvalue weighted by molar-refractivity contribution is 5.82. The van der Waals surface area contributed by atoms with Gasteiger partial charge in [0.25, 0.3) is 5.95 Å². The van der Waals surface area contributed by atoms with Gasteiger partial charge in [-0.15, -0.1) is 5.10 Å². The highest BCUT2D eigenvalue weighted by atomic mass is 19.4. The molecule has 7 nitrogen and oxygen atoms in total. The molecule has 2 aromatic heterocycles. The maximum Gasteiger partial charge on any atom is 0.416 e. The molecular formula is C30H32F7N7. The van der Waals surface area contributed by atoms with Gasteiger partial charge in [-0.2, -0.15) is 31.1 Å². The lowest BCUT2D eigenvalue weighted by Gasteiger charge is -2.32. The van der Waals surface area contributed by atoms with Gasteiger partial charge >= 0.3 is 12.4 Å². The summed E-state index contributed by atoms with van der Waals surface area (Å²) in [6.07, 6.45) is -4.38. The van der Waals surface area contributed by atoms with E-state index in [0.29, 0.717) is 53.4 Å². The Labute approximate surface area is 249 Å². The fraction of sp³-hybridized carbons (Fsp3) is 0.467. The Balaban J connectivity index is 1.58. The number of nitrogens with zero attached hydrogens (tertiary/aromatic N) is 7. The van der Waals surface area contributed by atoms with E-state index in [4.69, 9.17) is 4.98 Å². The second kappa shape index (κ2) is 12.6. The lowest BCUT2D eigenvalue weighted by molar-refractivity contribution is -0.143. The van der Waals surface area contributed by atoms with E-state index in [-0.39, 0.29) is 30.7 Å². The Morgan fingerprint density at radius 2 is 1.55 bits per heavy atom. The van der Waals surface area contributed by atoms with Crippen molar-refractivity contribution in [1.29, 1.82) is 0 Å². The molecule has 0 amide bonds. The Kier molecular flexibility index (Phi) is 8.98. The zero-order chi connectivity index (χ0) is 31.6. The van der Waals surface area contributed by atoms with Crippen molar-refractivity contribution < 1.29 is 30.7 Å². The van der Waals surface area contributed by atoms with Crippen LogP contribution < -0.4 is 9.80 Å². The number of rotatable bonds is 9. The monoisotopic (exact) mass is 623 g/mol. The highest BCUT2D eigenvalue weighted by Gasteiger charge is 2.37. The number of fused-ring (bicyclic) bond motifs is 1. The number of hydrogen-bond donors (Lipinski definition) is 0. The molecule has 0 atom stereocenters. The Hall–Kier alpha value is -3.97. The van der Waals surface area contributed by atoms with E-state index in [1.807, 2.05) is 13.0 Å². The summed E-state index contributed by atoms with van der Waals surface area (Å²) in [5.74, 6) is 0.559. The molecular weight excluding hydrogens is 591 g/mol. The van der Waals surface area contributed by atoms with E-state index in [2.05, 4.69) is 20.3 Å². The van der Waals surface area contributed by atoms with Gasteiger partial charge in [-0.1, -0.05) is 24.4 Å². The minimum Gasteiger partial charge on any atom is -0.356 e. The third-order valence-corrected chi connectivity index (χ3v) is 7.88. The Morgan fingerprint density at radius 1 is 0.864 bits per heavy atom. The first-order valence-corrected chi connectivity index (χ1v) is 14.4. The van der Waals surface area contributed by atoms with E-state index >= 15 is 0 Å². The van der Waals surface area contributed by atoms with Crippen LogP contribution in [0, 0.1) is 11.7 Å². The third-order valence-electron chi connectivity index (χ3n) is 7.88. The van der Waals surface area contributed by atoms with Crippen molar-refractivity contribution in [3.63, 3.8) is 0 Å². The van der Waals surface area contributed by atoms with Gasteiger partial charge in [-0.25, -0.2) is 9.37 Å². The minimum absolute atomic E-state index is 0.0129. The zero-order valence-electron chi connectivity index (χ0n) is 24.3. The van der Waals surface area contributed by atoms with Gasteiger partial charge in [0.1, 0.15) is 11.6 Å². The standard InChI is InChI=1S/C30H32F7N7/c1-3-43(16-19-7-5-4-6-8-19)27-22(13-21-9-10-25(31)15-26(21)38-27)18-44(28-39-41-42(2)40-28)17-20-11-23(29(32,33)34)14-24(12-20)30(35,36)37/h9-15,19H,3-8,16-18H2,1-2H3. The van der Waals surface area contributed by atoms with Crippen molar-refractivity contribution >= 4 is 22.7 Å². The molecule has 0 saturated heterocycles. The fourth-order valence-electron chi connectivity index (χ4n) is 5.75. The molecule has 5 rings (SSSR count). The van der Waals surface area contributed by atoms with Gasteiger partial charge in [-0.05, 0) is 72.9 Å². The second-order valence-electron chi connectivity index (χ2n) is 11.2. The summed E-state index contributed by atoms with van der Waals surface area (Å²) in [6, 6.07) is 7.53. The Bertz CT molecular complexity index is 1560. The molecule has 0 radical (unpaired) electrons. The summed E-state index contributed by atoms with van der Waals surface area (Å²) in [5.41, 5.74) is -1.98. The minimum atomic E-state index is -4.99. The molecule has 0 bridgehead atoms. The summed E-state index contributed by atoms with van der Waals surface area (Å²) in [4.78, 5) is 9.54. The predicted molar refractivity (Wildman–Crippen MR) is 151 cm³/mol. The number of pyridine rings is 1. The molecule has 44 heavy (non-hydrogen) atoms. The molecule has 2 aromatic carbocycles. The van der Waals surface area contributed by atoms with Crippen LogP contribution in [0.25, 0.3) is 10.9 Å². The van der Waals surface area contributed by atoms with Crippen LogP contribution in [0.5, 0.6) is 0 Å². The molecule has 1 aliphatic carbocycles. The quantitative estimate of drug-likeness (QED) is 0.180. The van der Waals surface area contributed by atoms with Crippen molar-refractivity contribution in [2.75, 3.05) is 22.9 Å². The maximum absolute atomic E-state index is 14.2. The number of tetrazole rings is 1. The van der Waals surface area contributed by atoms with Crippen molar-refractivity contribution in [1.82, 2.24) is 25.2 Å². The Morgan fingerprint density at radius 3 is 2.14 bits per heavy atom. The van der Waals surface area contributed by atoms with E-state index in [9.17, 15) is 30.7 Å². The third kappa shape index (κ3) is 7.39. The van der Waals surface area contributed by atoms with Crippen molar-refractivity contribution in [3.8, 4) is 0 Å². The fourth-order valence-corrected chi connectivity index (χ4v) is 5.75.